The number of nitrogens with two attached hydrogens (primary N) is 1. The van der Waals surface area contributed by atoms with Crippen molar-refractivity contribution in [3.8, 4) is 0 Å². The van der Waals surface area contributed by atoms with Crippen LogP contribution in [0.1, 0.15) is 38.5 Å². The first kappa shape index (κ1) is 13.4. The van der Waals surface area contributed by atoms with Crippen molar-refractivity contribution >= 4 is 5.69 Å². The normalized spacial score (nSPS) is 19.2. The molecule has 0 saturated heterocycles. The predicted octanol–water partition coefficient (Wildman–Crippen LogP) is 3.42. The highest BCUT2D eigenvalue weighted by molar-refractivity contribution is 5.46. The molecule has 0 heterocycles. The summed E-state index contributed by atoms with van der Waals surface area (Å²) in [5, 5.41) is 0. The molecule has 1 fully saturated rings. The summed E-state index contributed by atoms with van der Waals surface area (Å²) in [6, 6.07) is 11.1. The number of rotatable bonds is 4. The van der Waals surface area contributed by atoms with Crippen LogP contribution in [0.25, 0.3) is 0 Å². The predicted molar refractivity (Wildman–Crippen MR) is 78.9 cm³/mol. The SMILES string of the molecule is CN(c1ccccc1)C(CN)C1CCCCCC1. The molecule has 2 nitrogen and oxygen atoms in total. The van der Waals surface area contributed by atoms with Crippen LogP contribution in [0.2, 0.25) is 0 Å². The molecule has 100 valence electrons. The van der Waals surface area contributed by atoms with E-state index in [2.05, 4.69) is 42.3 Å². The average Bonchev–Trinajstić information content (AvgIpc) is 2.70. The van der Waals surface area contributed by atoms with Crippen molar-refractivity contribution in [1.82, 2.24) is 0 Å². The Morgan fingerprint density at radius 3 is 2.28 bits per heavy atom. The Morgan fingerprint density at radius 2 is 1.72 bits per heavy atom. The lowest BCUT2D eigenvalue weighted by atomic mass is 9.90. The Bertz CT molecular complexity index is 328. The second kappa shape index (κ2) is 6.79. The number of anilines is 1. The van der Waals surface area contributed by atoms with Gasteiger partial charge >= 0.3 is 0 Å². The molecular formula is C16H26N2. The topological polar surface area (TPSA) is 29.3 Å². The van der Waals surface area contributed by atoms with Crippen LogP contribution in [0.5, 0.6) is 0 Å². The summed E-state index contributed by atoms with van der Waals surface area (Å²) in [7, 11) is 2.19. The number of benzene rings is 1. The molecule has 2 heteroatoms. The van der Waals surface area contributed by atoms with Gasteiger partial charge in [-0.05, 0) is 30.9 Å². The molecule has 0 radical (unpaired) electrons. The van der Waals surface area contributed by atoms with Crippen molar-refractivity contribution in [2.75, 3.05) is 18.5 Å². The van der Waals surface area contributed by atoms with Gasteiger partial charge in [0.25, 0.3) is 0 Å². The first-order valence-corrected chi connectivity index (χ1v) is 7.31. The Balaban J connectivity index is 2.07. The molecule has 1 aromatic carbocycles. The largest absolute Gasteiger partial charge is 0.370 e. The summed E-state index contributed by atoms with van der Waals surface area (Å²) in [6.45, 7) is 0.760. The number of nitrogens with zero attached hydrogens (tertiary/aromatic N) is 1. The minimum absolute atomic E-state index is 0.491. The van der Waals surface area contributed by atoms with E-state index in [1.807, 2.05) is 0 Å². The Labute approximate surface area is 111 Å². The van der Waals surface area contributed by atoms with Gasteiger partial charge in [0.05, 0.1) is 0 Å². The van der Waals surface area contributed by atoms with E-state index in [0.717, 1.165) is 12.5 Å². The fraction of sp³-hybridized carbons (Fsp3) is 0.625. The highest BCUT2D eigenvalue weighted by Crippen LogP contribution is 2.29. The van der Waals surface area contributed by atoms with Gasteiger partial charge in [-0.1, -0.05) is 43.9 Å². The van der Waals surface area contributed by atoms with E-state index in [-0.39, 0.29) is 0 Å². The van der Waals surface area contributed by atoms with Crippen LogP contribution in [0.4, 0.5) is 5.69 Å². The second-order valence-electron chi connectivity index (χ2n) is 5.50. The van der Waals surface area contributed by atoms with Crippen LogP contribution in [0.15, 0.2) is 30.3 Å². The molecule has 1 aliphatic carbocycles. The quantitative estimate of drug-likeness (QED) is 0.825. The number of likely N-dealkylation sites (N-methyl/N-ethyl adjacent to an activating group) is 1. The summed E-state index contributed by atoms with van der Waals surface area (Å²) in [5.74, 6) is 0.766. The maximum atomic E-state index is 6.05. The van der Waals surface area contributed by atoms with E-state index >= 15 is 0 Å². The van der Waals surface area contributed by atoms with Gasteiger partial charge in [-0.25, -0.2) is 0 Å². The van der Waals surface area contributed by atoms with Gasteiger partial charge in [-0.3, -0.25) is 0 Å². The zero-order chi connectivity index (χ0) is 12.8. The van der Waals surface area contributed by atoms with Crippen molar-refractivity contribution < 1.29 is 0 Å². The van der Waals surface area contributed by atoms with Crippen LogP contribution >= 0.6 is 0 Å². The Morgan fingerprint density at radius 1 is 1.11 bits per heavy atom. The van der Waals surface area contributed by atoms with Gasteiger partial charge < -0.3 is 10.6 Å². The second-order valence-corrected chi connectivity index (χ2v) is 5.50. The van der Waals surface area contributed by atoms with Crippen LogP contribution in [0.3, 0.4) is 0 Å². The standard InChI is InChI=1S/C16H26N2/c1-18(15-11-7-4-8-12-15)16(13-17)14-9-5-2-3-6-10-14/h4,7-8,11-12,14,16H,2-3,5-6,9-10,13,17H2,1H3. The highest BCUT2D eigenvalue weighted by atomic mass is 15.1. The fourth-order valence-corrected chi connectivity index (χ4v) is 3.22. The molecule has 0 aliphatic heterocycles. The van der Waals surface area contributed by atoms with E-state index < -0.39 is 0 Å². The lowest BCUT2D eigenvalue weighted by Gasteiger charge is -2.35. The maximum Gasteiger partial charge on any atom is 0.0437 e. The molecule has 0 amide bonds. The van der Waals surface area contributed by atoms with Crippen molar-refractivity contribution in [2.24, 2.45) is 11.7 Å². The number of hydrogen-bond donors (Lipinski definition) is 1. The average molecular weight is 246 g/mol. The summed E-state index contributed by atoms with van der Waals surface area (Å²) in [6.07, 6.45) is 8.26. The molecule has 0 bridgehead atoms. The van der Waals surface area contributed by atoms with E-state index in [1.54, 1.807) is 0 Å². The number of hydrogen-bond acceptors (Lipinski definition) is 2. The summed E-state index contributed by atoms with van der Waals surface area (Å²) < 4.78 is 0. The van der Waals surface area contributed by atoms with Gasteiger partial charge in [0.2, 0.25) is 0 Å². The molecule has 0 aromatic heterocycles. The summed E-state index contributed by atoms with van der Waals surface area (Å²) in [4.78, 5) is 2.38. The van der Waals surface area contributed by atoms with Gasteiger partial charge in [0.15, 0.2) is 0 Å². The number of para-hydroxylation sites is 1. The Hall–Kier alpha value is -1.02. The van der Waals surface area contributed by atoms with Gasteiger partial charge in [0.1, 0.15) is 0 Å². The molecule has 18 heavy (non-hydrogen) atoms. The summed E-state index contributed by atoms with van der Waals surface area (Å²) in [5.41, 5.74) is 7.34. The minimum Gasteiger partial charge on any atom is -0.370 e. The summed E-state index contributed by atoms with van der Waals surface area (Å²) >= 11 is 0. The van der Waals surface area contributed by atoms with Crippen LogP contribution in [0, 0.1) is 5.92 Å². The van der Waals surface area contributed by atoms with Gasteiger partial charge in [-0.2, -0.15) is 0 Å². The molecule has 1 atom stereocenters. The highest BCUT2D eigenvalue weighted by Gasteiger charge is 2.25. The van der Waals surface area contributed by atoms with E-state index in [0.29, 0.717) is 6.04 Å². The van der Waals surface area contributed by atoms with E-state index in [1.165, 1.54) is 44.2 Å². The van der Waals surface area contributed by atoms with Crippen LogP contribution in [-0.4, -0.2) is 19.6 Å². The maximum absolute atomic E-state index is 6.05. The van der Waals surface area contributed by atoms with Crippen molar-refractivity contribution in [2.45, 2.75) is 44.6 Å². The molecule has 0 spiro atoms. The Kier molecular flexibility index (Phi) is 5.06. The molecule has 1 saturated carbocycles. The smallest absolute Gasteiger partial charge is 0.0437 e. The zero-order valence-electron chi connectivity index (χ0n) is 11.5. The molecule has 1 aromatic rings. The van der Waals surface area contributed by atoms with Gasteiger partial charge in [0, 0.05) is 25.3 Å². The van der Waals surface area contributed by atoms with E-state index in [4.69, 9.17) is 5.73 Å². The van der Waals surface area contributed by atoms with Crippen LogP contribution in [-0.2, 0) is 0 Å². The lowest BCUT2D eigenvalue weighted by molar-refractivity contribution is 0.369. The third kappa shape index (κ3) is 3.26. The van der Waals surface area contributed by atoms with Crippen molar-refractivity contribution in [1.29, 1.82) is 0 Å². The third-order valence-corrected chi connectivity index (χ3v) is 4.35. The molecule has 1 unspecified atom stereocenters. The van der Waals surface area contributed by atoms with Gasteiger partial charge in [-0.15, -0.1) is 0 Å². The monoisotopic (exact) mass is 246 g/mol. The van der Waals surface area contributed by atoms with Crippen molar-refractivity contribution in [3.05, 3.63) is 30.3 Å². The molecule has 2 N–H and O–H groups in total. The zero-order valence-corrected chi connectivity index (χ0v) is 11.5. The van der Waals surface area contributed by atoms with Crippen molar-refractivity contribution in [3.63, 3.8) is 0 Å². The third-order valence-electron chi connectivity index (χ3n) is 4.35. The first-order valence-electron chi connectivity index (χ1n) is 7.31. The van der Waals surface area contributed by atoms with E-state index in [9.17, 15) is 0 Å². The van der Waals surface area contributed by atoms with Crippen LogP contribution < -0.4 is 10.6 Å². The lowest BCUT2D eigenvalue weighted by Crippen LogP contribution is -2.43. The minimum atomic E-state index is 0.491. The fourth-order valence-electron chi connectivity index (χ4n) is 3.22. The first-order chi connectivity index (χ1) is 8.83. The molecule has 1 aliphatic rings. The molecular weight excluding hydrogens is 220 g/mol. The molecule has 2 rings (SSSR count).